The minimum absolute atomic E-state index is 0.188. The van der Waals surface area contributed by atoms with E-state index in [4.69, 9.17) is 23.2 Å². The van der Waals surface area contributed by atoms with E-state index >= 15 is 0 Å². The molecule has 3 rings (SSSR count). The first-order valence-electron chi connectivity index (χ1n) is 8.31. The largest absolute Gasteiger partial charge is 0.481 e. The van der Waals surface area contributed by atoms with Crippen LogP contribution >= 0.6 is 23.2 Å². The molecule has 2 unspecified atom stereocenters. The van der Waals surface area contributed by atoms with Gasteiger partial charge in [0.1, 0.15) is 0 Å². The predicted octanol–water partition coefficient (Wildman–Crippen LogP) is 4.58. The first kappa shape index (κ1) is 18.2. The predicted molar refractivity (Wildman–Crippen MR) is 99.2 cm³/mol. The zero-order chi connectivity index (χ0) is 18.0. The Labute approximate surface area is 157 Å². The van der Waals surface area contributed by atoms with Gasteiger partial charge in [-0.1, -0.05) is 35.3 Å². The van der Waals surface area contributed by atoms with Crippen LogP contribution in [0.2, 0.25) is 10.0 Å². The van der Waals surface area contributed by atoms with Crippen molar-refractivity contribution in [1.29, 1.82) is 0 Å². The third kappa shape index (κ3) is 4.14. The Balaban J connectivity index is 2.04. The Morgan fingerprint density at radius 2 is 2.12 bits per heavy atom. The van der Waals surface area contributed by atoms with Crippen molar-refractivity contribution >= 4 is 29.2 Å². The van der Waals surface area contributed by atoms with Crippen molar-refractivity contribution in [2.24, 2.45) is 5.92 Å². The highest BCUT2D eigenvalue weighted by molar-refractivity contribution is 6.35. The van der Waals surface area contributed by atoms with Gasteiger partial charge in [-0.15, -0.1) is 0 Å². The lowest BCUT2D eigenvalue weighted by molar-refractivity contribution is -0.143. The second-order valence-electron chi connectivity index (χ2n) is 6.44. The van der Waals surface area contributed by atoms with Gasteiger partial charge in [-0.3, -0.25) is 14.7 Å². The molecular formula is C19H20Cl2N2O2. The normalized spacial score (nSPS) is 19.6. The maximum Gasteiger partial charge on any atom is 0.307 e. The van der Waals surface area contributed by atoms with Crippen LogP contribution in [0.3, 0.4) is 0 Å². The number of hydrogen-bond acceptors (Lipinski definition) is 3. The number of halogens is 2. The van der Waals surface area contributed by atoms with Gasteiger partial charge in [0, 0.05) is 22.3 Å². The Hall–Kier alpha value is -1.62. The number of carbonyl (C=O) groups is 1. The molecule has 1 N–H and O–H groups in total. The number of carboxylic acids is 1. The number of aliphatic carboxylic acids is 1. The van der Waals surface area contributed by atoms with Crippen LogP contribution in [-0.4, -0.2) is 34.0 Å². The third-order valence-corrected chi connectivity index (χ3v) is 5.18. The Morgan fingerprint density at radius 1 is 1.32 bits per heavy atom. The molecule has 0 aliphatic carbocycles. The summed E-state index contributed by atoms with van der Waals surface area (Å²) in [6.07, 6.45) is 1.54. The maximum atomic E-state index is 11.5. The summed E-state index contributed by atoms with van der Waals surface area (Å²) in [5, 5.41) is 10.6. The molecular weight excluding hydrogens is 359 g/mol. The van der Waals surface area contributed by atoms with Crippen molar-refractivity contribution in [2.45, 2.75) is 25.8 Å². The van der Waals surface area contributed by atoms with Crippen LogP contribution in [-0.2, 0) is 4.79 Å². The van der Waals surface area contributed by atoms with Gasteiger partial charge < -0.3 is 5.11 Å². The van der Waals surface area contributed by atoms with Crippen LogP contribution in [0, 0.1) is 12.8 Å². The number of rotatable bonds is 4. The second kappa shape index (κ2) is 7.73. The average Bonchev–Trinajstić information content (AvgIpc) is 2.57. The van der Waals surface area contributed by atoms with Gasteiger partial charge in [0.25, 0.3) is 0 Å². The zero-order valence-electron chi connectivity index (χ0n) is 14.0. The minimum atomic E-state index is -0.747. The van der Waals surface area contributed by atoms with Crippen LogP contribution in [0.25, 0.3) is 0 Å². The van der Waals surface area contributed by atoms with Crippen molar-refractivity contribution in [3.8, 4) is 0 Å². The van der Waals surface area contributed by atoms with Crippen LogP contribution in [0.15, 0.2) is 36.4 Å². The van der Waals surface area contributed by atoms with Crippen LogP contribution in [0.1, 0.15) is 35.8 Å². The van der Waals surface area contributed by atoms with E-state index < -0.39 is 5.97 Å². The summed E-state index contributed by atoms with van der Waals surface area (Å²) in [5.41, 5.74) is 2.69. The van der Waals surface area contributed by atoms with Gasteiger partial charge in [0.05, 0.1) is 17.7 Å². The van der Waals surface area contributed by atoms with Crippen LogP contribution < -0.4 is 0 Å². The molecule has 1 fully saturated rings. The molecule has 0 bridgehead atoms. The number of aromatic nitrogens is 1. The first-order chi connectivity index (χ1) is 12.0. The summed E-state index contributed by atoms with van der Waals surface area (Å²) in [6, 6.07) is 11.1. The van der Waals surface area contributed by atoms with Crippen molar-refractivity contribution < 1.29 is 9.90 Å². The highest BCUT2D eigenvalue weighted by Crippen LogP contribution is 2.36. The molecule has 0 spiro atoms. The number of aryl methyl sites for hydroxylation is 1. The third-order valence-electron chi connectivity index (χ3n) is 4.61. The number of piperidine rings is 1. The molecule has 1 saturated heterocycles. The quantitative estimate of drug-likeness (QED) is 0.845. The summed E-state index contributed by atoms with van der Waals surface area (Å²) < 4.78 is 0. The van der Waals surface area contributed by atoms with Gasteiger partial charge in [-0.05, 0) is 56.1 Å². The van der Waals surface area contributed by atoms with E-state index in [1.54, 1.807) is 6.07 Å². The molecule has 1 aliphatic heterocycles. The van der Waals surface area contributed by atoms with Crippen LogP contribution in [0.5, 0.6) is 0 Å². The molecule has 2 heterocycles. The van der Waals surface area contributed by atoms with Gasteiger partial charge in [-0.25, -0.2) is 0 Å². The molecule has 1 aliphatic rings. The lowest BCUT2D eigenvalue weighted by Crippen LogP contribution is -2.41. The van der Waals surface area contributed by atoms with E-state index in [0.717, 1.165) is 29.9 Å². The summed E-state index contributed by atoms with van der Waals surface area (Å²) in [5.74, 6) is -1.12. The van der Waals surface area contributed by atoms with E-state index in [0.29, 0.717) is 23.0 Å². The number of hydrogen-bond donors (Lipinski definition) is 1. The fraction of sp³-hybridized carbons (Fsp3) is 0.368. The van der Waals surface area contributed by atoms with Crippen molar-refractivity contribution in [3.63, 3.8) is 0 Å². The van der Waals surface area contributed by atoms with Crippen molar-refractivity contribution in [3.05, 3.63) is 63.4 Å². The van der Waals surface area contributed by atoms with E-state index in [9.17, 15) is 9.90 Å². The number of benzene rings is 1. The average molecular weight is 379 g/mol. The molecule has 6 heteroatoms. The van der Waals surface area contributed by atoms with E-state index in [1.165, 1.54) is 0 Å². The summed E-state index contributed by atoms with van der Waals surface area (Å²) in [7, 11) is 0. The van der Waals surface area contributed by atoms with E-state index in [2.05, 4.69) is 9.88 Å². The molecule has 0 amide bonds. The summed E-state index contributed by atoms with van der Waals surface area (Å²) in [4.78, 5) is 18.3. The van der Waals surface area contributed by atoms with Gasteiger partial charge in [-0.2, -0.15) is 0 Å². The highest BCUT2D eigenvalue weighted by Gasteiger charge is 2.32. The minimum Gasteiger partial charge on any atom is -0.481 e. The summed E-state index contributed by atoms with van der Waals surface area (Å²) in [6.45, 7) is 3.23. The van der Waals surface area contributed by atoms with Gasteiger partial charge in [0.15, 0.2) is 0 Å². The lowest BCUT2D eigenvalue weighted by atomic mass is 9.93. The summed E-state index contributed by atoms with van der Waals surface area (Å²) >= 11 is 12.5. The Morgan fingerprint density at radius 3 is 2.80 bits per heavy atom. The molecule has 0 radical (unpaired) electrons. The Bertz CT molecular complexity index is 782. The zero-order valence-corrected chi connectivity index (χ0v) is 15.5. The highest BCUT2D eigenvalue weighted by atomic mass is 35.5. The van der Waals surface area contributed by atoms with E-state index in [1.807, 2.05) is 37.3 Å². The number of carboxylic acid groups (broad SMARTS) is 1. The molecule has 2 atom stereocenters. The molecule has 2 aromatic rings. The second-order valence-corrected chi connectivity index (χ2v) is 7.29. The first-order valence-corrected chi connectivity index (χ1v) is 9.06. The maximum absolute atomic E-state index is 11.5. The molecule has 1 aromatic carbocycles. The molecule has 132 valence electrons. The number of pyridine rings is 1. The number of likely N-dealkylation sites (tertiary alicyclic amines) is 1. The monoisotopic (exact) mass is 378 g/mol. The topological polar surface area (TPSA) is 53.4 Å². The lowest BCUT2D eigenvalue weighted by Gasteiger charge is -2.37. The van der Waals surface area contributed by atoms with Crippen molar-refractivity contribution in [2.75, 3.05) is 13.1 Å². The Kier molecular flexibility index (Phi) is 5.62. The van der Waals surface area contributed by atoms with Gasteiger partial charge >= 0.3 is 5.97 Å². The number of nitrogens with zero attached hydrogens (tertiary/aromatic N) is 2. The fourth-order valence-electron chi connectivity index (χ4n) is 3.43. The SMILES string of the molecule is Cc1cccc(C(c2ccc(Cl)cc2Cl)N2CCCC(C(=O)O)C2)n1. The smallest absolute Gasteiger partial charge is 0.307 e. The molecule has 0 saturated carbocycles. The molecule has 25 heavy (non-hydrogen) atoms. The molecule has 4 nitrogen and oxygen atoms in total. The van der Waals surface area contributed by atoms with Gasteiger partial charge in [0.2, 0.25) is 0 Å². The molecule has 1 aromatic heterocycles. The standard InChI is InChI=1S/C19H20Cl2N2O2/c1-12-4-2-6-17(22-12)18(15-8-7-14(20)10-16(15)21)23-9-3-5-13(11-23)19(24)25/h2,4,6-8,10,13,18H,3,5,9,11H2,1H3,(H,24,25). The van der Waals surface area contributed by atoms with Crippen molar-refractivity contribution in [1.82, 2.24) is 9.88 Å². The van der Waals surface area contributed by atoms with E-state index in [-0.39, 0.29) is 12.0 Å². The van der Waals surface area contributed by atoms with Crippen LogP contribution in [0.4, 0.5) is 0 Å². The fourth-order valence-corrected chi connectivity index (χ4v) is 3.94.